The van der Waals surface area contributed by atoms with E-state index in [0.717, 1.165) is 38.8 Å². The highest BCUT2D eigenvalue weighted by atomic mass is 32.2. The summed E-state index contributed by atoms with van der Waals surface area (Å²) in [6.45, 7) is 5.97. The van der Waals surface area contributed by atoms with Gasteiger partial charge >= 0.3 is 0 Å². The third kappa shape index (κ3) is 4.34. The Morgan fingerprint density at radius 3 is 2.45 bits per heavy atom. The average molecular weight is 322 g/mol. The summed E-state index contributed by atoms with van der Waals surface area (Å²) >= 11 is 1.78. The molecule has 7 heteroatoms. The molecule has 1 saturated carbocycles. The lowest BCUT2D eigenvalue weighted by Gasteiger charge is -2.31. The maximum absolute atomic E-state index is 12.3. The Kier molecular flexibility index (Phi) is 5.76. The molecule has 2 rings (SSSR count). The van der Waals surface area contributed by atoms with Crippen LogP contribution >= 0.6 is 11.8 Å². The normalized spacial score (nSPS) is 23.9. The summed E-state index contributed by atoms with van der Waals surface area (Å²) in [5.41, 5.74) is 0. The Labute approximate surface area is 127 Å². The molecule has 20 heavy (non-hydrogen) atoms. The van der Waals surface area contributed by atoms with Crippen molar-refractivity contribution in [2.75, 3.05) is 39.0 Å². The SMILES string of the molecule is CCNCC1CCN(S(=O)(=O)NCC2(SC)CC2)CC1. The second-order valence-corrected chi connectivity index (χ2v) is 8.89. The lowest BCUT2D eigenvalue weighted by atomic mass is 9.98. The first kappa shape index (κ1) is 16.5. The largest absolute Gasteiger partial charge is 0.317 e. The van der Waals surface area contributed by atoms with E-state index in [9.17, 15) is 8.42 Å². The van der Waals surface area contributed by atoms with Gasteiger partial charge in [0.1, 0.15) is 0 Å². The predicted octanol–water partition coefficient (Wildman–Crippen LogP) is 1.04. The van der Waals surface area contributed by atoms with E-state index >= 15 is 0 Å². The van der Waals surface area contributed by atoms with E-state index in [1.54, 1.807) is 16.1 Å². The highest BCUT2D eigenvalue weighted by Gasteiger charge is 2.43. The summed E-state index contributed by atoms with van der Waals surface area (Å²) in [7, 11) is -3.28. The molecular weight excluding hydrogens is 294 g/mol. The van der Waals surface area contributed by atoms with Crippen LogP contribution in [0, 0.1) is 5.92 Å². The maximum atomic E-state index is 12.3. The molecule has 118 valence electrons. The number of nitrogens with zero attached hydrogens (tertiary/aromatic N) is 1. The summed E-state index contributed by atoms with van der Waals surface area (Å²) in [4.78, 5) is 0. The highest BCUT2D eigenvalue weighted by molar-refractivity contribution is 8.00. The zero-order chi connectivity index (χ0) is 14.6. The lowest BCUT2D eigenvalue weighted by molar-refractivity contribution is 0.266. The second-order valence-electron chi connectivity index (χ2n) is 5.86. The summed E-state index contributed by atoms with van der Waals surface area (Å²) in [5, 5.41) is 3.35. The Bertz CT molecular complexity index is 402. The number of thioether (sulfide) groups is 1. The van der Waals surface area contributed by atoms with Crippen LogP contribution in [-0.2, 0) is 10.2 Å². The topological polar surface area (TPSA) is 61.4 Å². The molecule has 2 N–H and O–H groups in total. The van der Waals surface area contributed by atoms with E-state index in [-0.39, 0.29) is 4.75 Å². The van der Waals surface area contributed by atoms with Crippen LogP contribution < -0.4 is 10.0 Å². The van der Waals surface area contributed by atoms with Crippen molar-refractivity contribution in [1.82, 2.24) is 14.3 Å². The Morgan fingerprint density at radius 2 is 1.95 bits per heavy atom. The quantitative estimate of drug-likeness (QED) is 0.701. The highest BCUT2D eigenvalue weighted by Crippen LogP contribution is 2.46. The van der Waals surface area contributed by atoms with Gasteiger partial charge in [-0.2, -0.15) is 24.5 Å². The van der Waals surface area contributed by atoms with Crippen LogP contribution in [-0.4, -0.2) is 56.4 Å². The molecule has 0 spiro atoms. The molecule has 1 saturated heterocycles. The fraction of sp³-hybridized carbons (Fsp3) is 1.00. The maximum Gasteiger partial charge on any atom is 0.279 e. The van der Waals surface area contributed by atoms with Crippen LogP contribution in [0.2, 0.25) is 0 Å². The van der Waals surface area contributed by atoms with Crippen molar-refractivity contribution in [3.63, 3.8) is 0 Å². The van der Waals surface area contributed by atoms with Gasteiger partial charge < -0.3 is 5.32 Å². The molecule has 0 bridgehead atoms. The molecular formula is C13H27N3O2S2. The Balaban J connectivity index is 1.76. The van der Waals surface area contributed by atoms with E-state index in [1.807, 2.05) is 0 Å². The smallest absolute Gasteiger partial charge is 0.279 e. The van der Waals surface area contributed by atoms with Gasteiger partial charge in [0.15, 0.2) is 0 Å². The predicted molar refractivity (Wildman–Crippen MR) is 85.2 cm³/mol. The van der Waals surface area contributed by atoms with E-state index in [4.69, 9.17) is 0 Å². The number of hydrogen-bond donors (Lipinski definition) is 2. The average Bonchev–Trinajstić information content (AvgIpc) is 3.24. The first-order chi connectivity index (χ1) is 9.51. The zero-order valence-corrected chi connectivity index (χ0v) is 14.2. The van der Waals surface area contributed by atoms with E-state index in [0.29, 0.717) is 25.6 Å². The monoisotopic (exact) mass is 321 g/mol. The summed E-state index contributed by atoms with van der Waals surface area (Å²) in [6.07, 6.45) is 6.24. The molecule has 5 nitrogen and oxygen atoms in total. The van der Waals surface area contributed by atoms with Crippen LogP contribution in [0.15, 0.2) is 0 Å². The van der Waals surface area contributed by atoms with Gasteiger partial charge in [-0.15, -0.1) is 0 Å². The van der Waals surface area contributed by atoms with Crippen LogP contribution in [0.25, 0.3) is 0 Å². The van der Waals surface area contributed by atoms with E-state index in [2.05, 4.69) is 23.2 Å². The van der Waals surface area contributed by atoms with Crippen molar-refractivity contribution in [3.8, 4) is 0 Å². The van der Waals surface area contributed by atoms with Gasteiger partial charge in [0.05, 0.1) is 0 Å². The minimum absolute atomic E-state index is 0.177. The van der Waals surface area contributed by atoms with Gasteiger partial charge in [-0.25, -0.2) is 4.72 Å². The fourth-order valence-electron chi connectivity index (χ4n) is 2.61. The molecule has 0 radical (unpaired) electrons. The number of nitrogens with one attached hydrogen (secondary N) is 2. The molecule has 1 heterocycles. The van der Waals surface area contributed by atoms with Gasteiger partial charge in [-0.05, 0) is 50.9 Å². The van der Waals surface area contributed by atoms with Crippen molar-refractivity contribution < 1.29 is 8.42 Å². The van der Waals surface area contributed by atoms with Crippen molar-refractivity contribution in [2.45, 2.75) is 37.4 Å². The Hall–Kier alpha value is 0.180. The standard InChI is InChI=1S/C13H27N3O2S2/c1-3-14-10-12-4-8-16(9-5-12)20(17,18)15-11-13(19-2)6-7-13/h12,14-15H,3-11H2,1-2H3. The van der Waals surface area contributed by atoms with Gasteiger partial charge in [0.25, 0.3) is 10.2 Å². The molecule has 0 aromatic rings. The molecule has 2 aliphatic rings. The van der Waals surface area contributed by atoms with Crippen LogP contribution in [0.5, 0.6) is 0 Å². The minimum Gasteiger partial charge on any atom is -0.317 e. The molecule has 0 atom stereocenters. The lowest BCUT2D eigenvalue weighted by Crippen LogP contribution is -2.47. The molecule has 1 aliphatic carbocycles. The van der Waals surface area contributed by atoms with E-state index in [1.165, 1.54) is 0 Å². The van der Waals surface area contributed by atoms with Gasteiger partial charge in [-0.3, -0.25) is 0 Å². The number of piperidine rings is 1. The van der Waals surface area contributed by atoms with Crippen LogP contribution in [0.4, 0.5) is 0 Å². The van der Waals surface area contributed by atoms with Gasteiger partial charge in [0, 0.05) is 24.4 Å². The van der Waals surface area contributed by atoms with Crippen LogP contribution in [0.3, 0.4) is 0 Å². The molecule has 0 unspecified atom stereocenters. The minimum atomic E-state index is -3.28. The van der Waals surface area contributed by atoms with Crippen molar-refractivity contribution >= 4 is 22.0 Å². The van der Waals surface area contributed by atoms with Gasteiger partial charge in [0.2, 0.25) is 0 Å². The number of hydrogen-bond acceptors (Lipinski definition) is 4. The van der Waals surface area contributed by atoms with Crippen molar-refractivity contribution in [1.29, 1.82) is 0 Å². The molecule has 0 aromatic heterocycles. The number of rotatable bonds is 8. The molecule has 0 aromatic carbocycles. The molecule has 2 fully saturated rings. The van der Waals surface area contributed by atoms with E-state index < -0.39 is 10.2 Å². The van der Waals surface area contributed by atoms with Crippen LogP contribution in [0.1, 0.15) is 32.6 Å². The third-order valence-electron chi connectivity index (χ3n) is 4.41. The molecule has 0 amide bonds. The van der Waals surface area contributed by atoms with Crippen molar-refractivity contribution in [3.05, 3.63) is 0 Å². The second kappa shape index (κ2) is 6.96. The first-order valence-corrected chi connectivity index (χ1v) is 10.2. The first-order valence-electron chi connectivity index (χ1n) is 7.52. The summed E-state index contributed by atoms with van der Waals surface area (Å²) in [5.74, 6) is 0.613. The van der Waals surface area contributed by atoms with Crippen molar-refractivity contribution in [2.24, 2.45) is 5.92 Å². The summed E-state index contributed by atoms with van der Waals surface area (Å²) < 4.78 is 29.2. The zero-order valence-electron chi connectivity index (χ0n) is 12.5. The van der Waals surface area contributed by atoms with Gasteiger partial charge in [-0.1, -0.05) is 6.92 Å². The molecule has 1 aliphatic heterocycles. The summed E-state index contributed by atoms with van der Waals surface area (Å²) in [6, 6.07) is 0. The third-order valence-corrected chi connectivity index (χ3v) is 7.39. The fourth-order valence-corrected chi connectivity index (χ4v) is 4.76. The Morgan fingerprint density at radius 1 is 1.30 bits per heavy atom.